The van der Waals surface area contributed by atoms with Gasteiger partial charge in [0, 0.05) is 26.3 Å². The number of nitrogens with zero attached hydrogens (tertiary/aromatic N) is 1. The monoisotopic (exact) mass is 295 g/mol. The van der Waals surface area contributed by atoms with Crippen LogP contribution in [0.1, 0.15) is 30.6 Å². The highest BCUT2D eigenvalue weighted by Crippen LogP contribution is 2.28. The molecule has 0 saturated heterocycles. The molecule has 21 heavy (non-hydrogen) atoms. The van der Waals surface area contributed by atoms with E-state index in [0.29, 0.717) is 13.1 Å². The molecule has 1 atom stereocenters. The molecule has 0 saturated carbocycles. The first-order valence-corrected chi connectivity index (χ1v) is 6.83. The normalized spacial score (nSPS) is 11.8. The van der Waals surface area contributed by atoms with Crippen LogP contribution in [0, 0.1) is 10.1 Å². The molecule has 0 aliphatic heterocycles. The molecule has 0 spiro atoms. The zero-order valence-electron chi connectivity index (χ0n) is 12.5. The van der Waals surface area contributed by atoms with Gasteiger partial charge in [0.1, 0.15) is 5.69 Å². The predicted molar refractivity (Wildman–Crippen MR) is 80.7 cm³/mol. The van der Waals surface area contributed by atoms with Gasteiger partial charge in [-0.15, -0.1) is 0 Å². The molecule has 0 aromatic heterocycles. The maximum Gasteiger partial charge on any atom is 0.293 e. The van der Waals surface area contributed by atoms with Crippen LogP contribution in [0.25, 0.3) is 0 Å². The van der Waals surface area contributed by atoms with Crippen LogP contribution < -0.4 is 10.6 Å². The van der Waals surface area contributed by atoms with Crippen molar-refractivity contribution in [2.24, 2.45) is 0 Å². The molecule has 0 aliphatic rings. The highest BCUT2D eigenvalue weighted by atomic mass is 16.6. The molecule has 116 valence electrons. The van der Waals surface area contributed by atoms with Gasteiger partial charge in [0.05, 0.1) is 16.6 Å². The Bertz CT molecular complexity index is 505. The standard InChI is InChI=1S/C14H21N3O4/c1-4-8-15-13-11(6-5-7-12(13)17(19)20)14(18)16-9-10(2)21-3/h5-7,10,15H,4,8-9H2,1-3H3,(H,16,18). The minimum Gasteiger partial charge on any atom is -0.380 e. The zero-order chi connectivity index (χ0) is 15.8. The average molecular weight is 295 g/mol. The van der Waals surface area contributed by atoms with E-state index in [-0.39, 0.29) is 28.9 Å². The van der Waals surface area contributed by atoms with Gasteiger partial charge in [-0.3, -0.25) is 14.9 Å². The first-order valence-electron chi connectivity index (χ1n) is 6.83. The molecule has 0 bridgehead atoms. The Hall–Kier alpha value is -2.15. The summed E-state index contributed by atoms with van der Waals surface area (Å²) in [7, 11) is 1.55. The van der Waals surface area contributed by atoms with Crippen LogP contribution in [0.5, 0.6) is 0 Å². The first-order chi connectivity index (χ1) is 10.0. The fourth-order valence-electron chi connectivity index (χ4n) is 1.73. The highest BCUT2D eigenvalue weighted by Gasteiger charge is 2.21. The largest absolute Gasteiger partial charge is 0.380 e. The minimum absolute atomic E-state index is 0.101. The van der Waals surface area contributed by atoms with Crippen molar-refractivity contribution in [3.05, 3.63) is 33.9 Å². The second kappa shape index (κ2) is 8.21. The number of nitro groups is 1. The summed E-state index contributed by atoms with van der Waals surface area (Å²) < 4.78 is 5.05. The molecule has 1 rings (SSSR count). The van der Waals surface area contributed by atoms with E-state index in [1.165, 1.54) is 12.1 Å². The number of nitro benzene ring substituents is 1. The SMILES string of the molecule is CCCNc1c(C(=O)NCC(C)OC)cccc1[N+](=O)[O-]. The maximum atomic E-state index is 12.2. The molecule has 1 amide bonds. The second-order valence-corrected chi connectivity index (χ2v) is 4.64. The van der Waals surface area contributed by atoms with Crippen molar-refractivity contribution in [2.75, 3.05) is 25.5 Å². The van der Waals surface area contributed by atoms with Crippen LogP contribution in [-0.4, -0.2) is 37.1 Å². The van der Waals surface area contributed by atoms with E-state index in [0.717, 1.165) is 6.42 Å². The molecule has 0 heterocycles. The summed E-state index contributed by atoms with van der Waals surface area (Å²) in [6.45, 7) is 4.66. The van der Waals surface area contributed by atoms with E-state index in [1.807, 2.05) is 13.8 Å². The number of benzene rings is 1. The third kappa shape index (κ3) is 4.71. The van der Waals surface area contributed by atoms with Gasteiger partial charge in [-0.05, 0) is 19.4 Å². The molecule has 7 nitrogen and oxygen atoms in total. The number of hydrogen-bond acceptors (Lipinski definition) is 5. The molecule has 1 aromatic carbocycles. The summed E-state index contributed by atoms with van der Waals surface area (Å²) in [6, 6.07) is 4.45. The van der Waals surface area contributed by atoms with Gasteiger partial charge in [-0.2, -0.15) is 0 Å². The van der Waals surface area contributed by atoms with Crippen molar-refractivity contribution in [2.45, 2.75) is 26.4 Å². The lowest BCUT2D eigenvalue weighted by atomic mass is 10.1. The van der Waals surface area contributed by atoms with Gasteiger partial charge in [0.2, 0.25) is 0 Å². The van der Waals surface area contributed by atoms with E-state index < -0.39 is 4.92 Å². The number of carbonyl (C=O) groups excluding carboxylic acids is 1. The van der Waals surface area contributed by atoms with Gasteiger partial charge < -0.3 is 15.4 Å². The van der Waals surface area contributed by atoms with E-state index >= 15 is 0 Å². The zero-order valence-corrected chi connectivity index (χ0v) is 12.5. The van der Waals surface area contributed by atoms with Crippen LogP contribution in [-0.2, 0) is 4.74 Å². The Kier molecular flexibility index (Phi) is 6.61. The lowest BCUT2D eigenvalue weighted by molar-refractivity contribution is -0.384. The quantitative estimate of drug-likeness (QED) is 0.566. The van der Waals surface area contributed by atoms with E-state index in [2.05, 4.69) is 10.6 Å². The number of nitrogens with one attached hydrogen (secondary N) is 2. The Morgan fingerprint density at radius 2 is 2.19 bits per heavy atom. The summed E-state index contributed by atoms with van der Waals surface area (Å²) in [5.74, 6) is -0.360. The molecule has 7 heteroatoms. The van der Waals surface area contributed by atoms with Gasteiger partial charge in [-0.25, -0.2) is 0 Å². The van der Waals surface area contributed by atoms with Gasteiger partial charge in [0.25, 0.3) is 11.6 Å². The van der Waals surface area contributed by atoms with E-state index in [9.17, 15) is 14.9 Å². The number of amides is 1. The number of methoxy groups -OCH3 is 1. The third-order valence-corrected chi connectivity index (χ3v) is 2.99. The van der Waals surface area contributed by atoms with Gasteiger partial charge >= 0.3 is 0 Å². The van der Waals surface area contributed by atoms with Crippen LogP contribution in [0.2, 0.25) is 0 Å². The molecule has 1 unspecified atom stereocenters. The lowest BCUT2D eigenvalue weighted by Gasteiger charge is -2.14. The van der Waals surface area contributed by atoms with Gasteiger partial charge in [0.15, 0.2) is 0 Å². The van der Waals surface area contributed by atoms with E-state index in [4.69, 9.17) is 4.74 Å². The van der Waals surface area contributed by atoms with Crippen LogP contribution in [0.3, 0.4) is 0 Å². The number of rotatable bonds is 8. The Morgan fingerprint density at radius 3 is 2.76 bits per heavy atom. The Morgan fingerprint density at radius 1 is 1.48 bits per heavy atom. The number of ether oxygens (including phenoxy) is 1. The molecule has 0 aliphatic carbocycles. The summed E-state index contributed by atoms with van der Waals surface area (Å²) in [5.41, 5.74) is 0.420. The van der Waals surface area contributed by atoms with Crippen molar-refractivity contribution in [3.63, 3.8) is 0 Å². The Balaban J connectivity index is 3.01. The molecule has 0 radical (unpaired) electrons. The van der Waals surface area contributed by atoms with Crippen molar-refractivity contribution >= 4 is 17.3 Å². The summed E-state index contributed by atoms with van der Waals surface area (Å²) in [4.78, 5) is 22.8. The Labute approximate surface area is 123 Å². The van der Waals surface area contributed by atoms with Crippen molar-refractivity contribution < 1.29 is 14.5 Å². The molecular formula is C14H21N3O4. The topological polar surface area (TPSA) is 93.5 Å². The number of hydrogen-bond donors (Lipinski definition) is 2. The number of carbonyl (C=O) groups is 1. The molecular weight excluding hydrogens is 274 g/mol. The number of para-hydroxylation sites is 1. The average Bonchev–Trinajstić information content (AvgIpc) is 2.49. The summed E-state index contributed by atoms with van der Waals surface area (Å²) in [6.07, 6.45) is 0.674. The smallest absolute Gasteiger partial charge is 0.293 e. The fraction of sp³-hybridized carbons (Fsp3) is 0.500. The minimum atomic E-state index is -0.493. The fourth-order valence-corrected chi connectivity index (χ4v) is 1.73. The van der Waals surface area contributed by atoms with Gasteiger partial charge in [-0.1, -0.05) is 13.0 Å². The van der Waals surface area contributed by atoms with E-state index in [1.54, 1.807) is 13.2 Å². The first kappa shape index (κ1) is 16.9. The third-order valence-electron chi connectivity index (χ3n) is 2.99. The predicted octanol–water partition coefficient (Wildman–Crippen LogP) is 2.18. The number of anilines is 1. The second-order valence-electron chi connectivity index (χ2n) is 4.64. The van der Waals surface area contributed by atoms with Crippen LogP contribution in [0.15, 0.2) is 18.2 Å². The van der Waals surface area contributed by atoms with Crippen molar-refractivity contribution in [1.82, 2.24) is 5.32 Å². The summed E-state index contributed by atoms with van der Waals surface area (Å²) in [5, 5.41) is 16.8. The highest BCUT2D eigenvalue weighted by molar-refractivity contribution is 6.01. The molecule has 1 aromatic rings. The summed E-state index contributed by atoms with van der Waals surface area (Å²) >= 11 is 0. The molecule has 0 fully saturated rings. The molecule has 2 N–H and O–H groups in total. The lowest BCUT2D eigenvalue weighted by Crippen LogP contribution is -2.32. The maximum absolute atomic E-state index is 12.2. The van der Waals surface area contributed by atoms with Crippen molar-refractivity contribution in [1.29, 1.82) is 0 Å². The van der Waals surface area contributed by atoms with Crippen molar-refractivity contribution in [3.8, 4) is 0 Å². The van der Waals surface area contributed by atoms with Crippen LogP contribution in [0.4, 0.5) is 11.4 Å². The van der Waals surface area contributed by atoms with Crippen LogP contribution >= 0.6 is 0 Å².